The molecule has 0 fully saturated rings. The average molecular weight is 316 g/mol. The van der Waals surface area contributed by atoms with Gasteiger partial charge in [-0.1, -0.05) is 27.7 Å². The van der Waals surface area contributed by atoms with Crippen molar-refractivity contribution in [3.63, 3.8) is 0 Å². The molecule has 0 bridgehead atoms. The van der Waals surface area contributed by atoms with E-state index in [1.807, 2.05) is 27.7 Å². The largest absolute Gasteiger partial charge is 0.508 e. The van der Waals surface area contributed by atoms with Crippen molar-refractivity contribution in [1.82, 2.24) is 0 Å². The third-order valence-corrected chi connectivity index (χ3v) is 3.54. The molecule has 0 aliphatic rings. The van der Waals surface area contributed by atoms with Crippen molar-refractivity contribution in [3.8, 4) is 0 Å². The average Bonchev–Trinajstić information content (AvgIpc) is 2.36. The second-order valence-electron chi connectivity index (χ2n) is 6.52. The molecule has 0 rings (SSSR count). The van der Waals surface area contributed by atoms with Gasteiger partial charge in [-0.15, -0.1) is 0 Å². The number of esters is 1. The highest BCUT2D eigenvalue weighted by Crippen LogP contribution is 2.40. The van der Waals surface area contributed by atoms with Crippen LogP contribution >= 0.6 is 0 Å². The Hall–Kier alpha value is -1.26. The third kappa shape index (κ3) is 6.24. The van der Waals surface area contributed by atoms with Crippen molar-refractivity contribution >= 4 is 12.1 Å². The van der Waals surface area contributed by atoms with Crippen molar-refractivity contribution in [1.29, 1.82) is 0 Å². The Bertz CT molecular complexity index is 339. The van der Waals surface area contributed by atoms with Gasteiger partial charge in [0.15, 0.2) is 0 Å². The maximum atomic E-state index is 12.7. The normalized spacial score (nSPS) is 13.1. The minimum atomic E-state index is -0.842. The van der Waals surface area contributed by atoms with Crippen LogP contribution in [0.4, 0.5) is 4.79 Å². The monoisotopic (exact) mass is 316 g/mol. The Balaban J connectivity index is 5.47. The predicted molar refractivity (Wildman–Crippen MR) is 85.5 cm³/mol. The van der Waals surface area contributed by atoms with Gasteiger partial charge in [0.05, 0.1) is 13.2 Å². The molecule has 1 atom stereocenters. The lowest BCUT2D eigenvalue weighted by Gasteiger charge is -2.38. The number of carbonyl (C=O) groups is 2. The summed E-state index contributed by atoms with van der Waals surface area (Å²) in [6.45, 7) is 14.0. The van der Waals surface area contributed by atoms with Crippen molar-refractivity contribution in [3.05, 3.63) is 0 Å². The van der Waals surface area contributed by atoms with E-state index in [9.17, 15) is 9.59 Å². The van der Waals surface area contributed by atoms with Gasteiger partial charge in [-0.25, -0.2) is 4.79 Å². The molecule has 0 aromatic carbocycles. The molecule has 0 saturated carbocycles. The highest BCUT2D eigenvalue weighted by atomic mass is 16.7. The van der Waals surface area contributed by atoms with E-state index in [1.165, 1.54) is 0 Å². The van der Waals surface area contributed by atoms with Crippen LogP contribution in [0.25, 0.3) is 0 Å². The second-order valence-corrected chi connectivity index (χ2v) is 6.52. The van der Waals surface area contributed by atoms with Crippen LogP contribution < -0.4 is 0 Å². The van der Waals surface area contributed by atoms with Crippen LogP contribution in [0.1, 0.15) is 61.3 Å². The molecular formula is C17H32O5. The fraction of sp³-hybridized carbons (Fsp3) is 0.882. The molecule has 1 unspecified atom stereocenters. The van der Waals surface area contributed by atoms with Gasteiger partial charge >= 0.3 is 12.1 Å². The molecule has 0 aromatic heterocycles. The van der Waals surface area contributed by atoms with Crippen molar-refractivity contribution in [2.45, 2.75) is 67.4 Å². The molecule has 5 heteroatoms. The molecule has 5 nitrogen and oxygen atoms in total. The molecule has 0 radical (unpaired) electrons. The van der Waals surface area contributed by atoms with Crippen LogP contribution in [-0.4, -0.2) is 31.4 Å². The topological polar surface area (TPSA) is 61.8 Å². The predicted octanol–water partition coefficient (Wildman–Crippen LogP) is 4.19. The van der Waals surface area contributed by atoms with Gasteiger partial charge in [0, 0.05) is 0 Å². The van der Waals surface area contributed by atoms with E-state index in [0.717, 1.165) is 0 Å². The summed E-state index contributed by atoms with van der Waals surface area (Å²) >= 11 is 0. The van der Waals surface area contributed by atoms with E-state index >= 15 is 0 Å². The Morgan fingerprint density at radius 2 is 1.32 bits per heavy atom. The summed E-state index contributed by atoms with van der Waals surface area (Å²) in [5, 5.41) is 0. The molecule has 0 aromatic rings. The molecule has 0 aliphatic heterocycles. The second kappa shape index (κ2) is 9.70. The number of rotatable bonds is 9. The fourth-order valence-corrected chi connectivity index (χ4v) is 2.89. The van der Waals surface area contributed by atoms with Crippen LogP contribution in [-0.2, 0) is 19.0 Å². The van der Waals surface area contributed by atoms with Crippen LogP contribution in [0.5, 0.6) is 0 Å². The number of carbonyl (C=O) groups excluding carboxylic acids is 2. The molecule has 0 spiro atoms. The van der Waals surface area contributed by atoms with Gasteiger partial charge in [0.25, 0.3) is 0 Å². The van der Waals surface area contributed by atoms with E-state index in [1.54, 1.807) is 20.8 Å². The lowest BCUT2D eigenvalue weighted by atomic mass is 9.70. The summed E-state index contributed by atoms with van der Waals surface area (Å²) in [5.74, 6) is 0.252. The van der Waals surface area contributed by atoms with Gasteiger partial charge in [-0.3, -0.25) is 4.79 Å². The first-order valence-corrected chi connectivity index (χ1v) is 8.20. The van der Waals surface area contributed by atoms with E-state index in [2.05, 4.69) is 0 Å². The van der Waals surface area contributed by atoms with Gasteiger partial charge in [-0.05, 0) is 45.4 Å². The zero-order valence-corrected chi connectivity index (χ0v) is 15.1. The molecule has 0 amide bonds. The molecule has 0 aliphatic carbocycles. The molecule has 22 heavy (non-hydrogen) atoms. The molecule has 0 N–H and O–H groups in total. The maximum Gasteiger partial charge on any atom is 0.508 e. The van der Waals surface area contributed by atoms with E-state index in [-0.39, 0.29) is 24.4 Å². The zero-order valence-electron chi connectivity index (χ0n) is 15.1. The highest BCUT2D eigenvalue weighted by Gasteiger charge is 2.48. The minimum Gasteiger partial charge on any atom is -0.465 e. The van der Waals surface area contributed by atoms with Gasteiger partial charge < -0.3 is 14.2 Å². The van der Waals surface area contributed by atoms with Crippen LogP contribution in [0.3, 0.4) is 0 Å². The smallest absolute Gasteiger partial charge is 0.465 e. The zero-order chi connectivity index (χ0) is 17.3. The van der Waals surface area contributed by atoms with Crippen LogP contribution in [0.2, 0.25) is 0 Å². The summed E-state index contributed by atoms with van der Waals surface area (Å²) in [5.41, 5.74) is -0.842. The molecule has 0 saturated heterocycles. The first-order chi connectivity index (χ1) is 10.2. The Morgan fingerprint density at radius 1 is 0.864 bits per heavy atom. The van der Waals surface area contributed by atoms with Crippen molar-refractivity contribution < 1.29 is 23.8 Å². The highest BCUT2D eigenvalue weighted by molar-refractivity contribution is 5.78. The van der Waals surface area contributed by atoms with Gasteiger partial charge in [0.2, 0.25) is 0 Å². The summed E-state index contributed by atoms with van der Waals surface area (Å²) in [6, 6.07) is 0. The number of hydrogen-bond donors (Lipinski definition) is 0. The molecule has 0 heterocycles. The van der Waals surface area contributed by atoms with Gasteiger partial charge in [0.1, 0.15) is 11.5 Å². The third-order valence-electron chi connectivity index (χ3n) is 3.54. The van der Waals surface area contributed by atoms with Crippen LogP contribution in [0, 0.1) is 17.3 Å². The van der Waals surface area contributed by atoms with Gasteiger partial charge in [-0.2, -0.15) is 0 Å². The van der Waals surface area contributed by atoms with Crippen LogP contribution in [0.15, 0.2) is 0 Å². The number of ether oxygens (including phenoxy) is 3. The SMILES string of the molecule is CCOC(=O)OC(C)C(CC(C)C)(CC(C)C)C(=O)OCC. The first-order valence-electron chi connectivity index (χ1n) is 8.20. The first kappa shape index (κ1) is 20.7. The fourth-order valence-electron chi connectivity index (χ4n) is 2.89. The van der Waals surface area contributed by atoms with Crippen molar-refractivity contribution in [2.24, 2.45) is 17.3 Å². The van der Waals surface area contributed by atoms with E-state index < -0.39 is 17.7 Å². The molecule has 130 valence electrons. The lowest BCUT2D eigenvalue weighted by Crippen LogP contribution is -2.46. The minimum absolute atomic E-state index is 0.242. The quantitative estimate of drug-likeness (QED) is 0.597. The summed E-state index contributed by atoms with van der Waals surface area (Å²) in [7, 11) is 0. The summed E-state index contributed by atoms with van der Waals surface area (Å²) < 4.78 is 15.5. The standard InChI is InChI=1S/C17H32O5/c1-8-20-15(18)17(10-12(3)4,11-13(5)6)14(7)22-16(19)21-9-2/h12-14H,8-11H2,1-7H3. The molecular weight excluding hydrogens is 284 g/mol. The summed E-state index contributed by atoms with van der Waals surface area (Å²) in [4.78, 5) is 24.3. The Morgan fingerprint density at radius 3 is 1.68 bits per heavy atom. The Labute approximate surface area is 134 Å². The van der Waals surface area contributed by atoms with Crippen molar-refractivity contribution in [2.75, 3.05) is 13.2 Å². The number of hydrogen-bond acceptors (Lipinski definition) is 5. The Kier molecular flexibility index (Phi) is 9.14. The van der Waals surface area contributed by atoms with E-state index in [4.69, 9.17) is 14.2 Å². The summed E-state index contributed by atoms with van der Waals surface area (Å²) in [6.07, 6.45) is -0.138. The maximum absolute atomic E-state index is 12.7. The van der Waals surface area contributed by atoms with E-state index in [0.29, 0.717) is 19.4 Å². The lowest BCUT2D eigenvalue weighted by molar-refractivity contribution is -0.167.